The molecule has 0 fully saturated rings. The number of carboxylic acids is 1. The lowest BCUT2D eigenvalue weighted by Gasteiger charge is -2.02. The summed E-state index contributed by atoms with van der Waals surface area (Å²) in [6, 6.07) is 0. The van der Waals surface area contributed by atoms with Crippen molar-refractivity contribution < 1.29 is 19.4 Å². The van der Waals surface area contributed by atoms with Crippen LogP contribution in [-0.2, 0) is 20.9 Å². The van der Waals surface area contributed by atoms with Gasteiger partial charge in [0, 0.05) is 12.8 Å². The Morgan fingerprint density at radius 2 is 2.35 bits per heavy atom. The highest BCUT2D eigenvalue weighted by Crippen LogP contribution is 2.05. The molecule has 0 bridgehead atoms. The number of rotatable bonds is 7. The van der Waals surface area contributed by atoms with Gasteiger partial charge in [-0.3, -0.25) is 14.3 Å². The number of aromatic nitrogens is 2. The highest BCUT2D eigenvalue weighted by molar-refractivity contribution is 5.90. The number of amides is 1. The predicted octanol–water partition coefficient (Wildman–Crippen LogP) is 0.333. The largest absolute Gasteiger partial charge is 0.480 e. The number of nitrogens with one attached hydrogen (secondary N) is 1. The Bertz CT molecular complexity index is 389. The molecule has 0 spiro atoms. The second-order valence-electron chi connectivity index (χ2n) is 3.32. The molecule has 94 valence electrons. The molecule has 0 aromatic carbocycles. The van der Waals surface area contributed by atoms with Crippen LogP contribution in [0.2, 0.25) is 0 Å². The number of nitrogens with zero attached hydrogens (tertiary/aromatic N) is 2. The molecule has 2 N–H and O–H groups in total. The summed E-state index contributed by atoms with van der Waals surface area (Å²) in [6.07, 6.45) is 3.13. The van der Waals surface area contributed by atoms with Crippen LogP contribution in [0.3, 0.4) is 0 Å². The first-order valence-corrected chi connectivity index (χ1v) is 5.23. The minimum absolute atomic E-state index is 0.187. The molecule has 0 atom stereocenters. The van der Waals surface area contributed by atoms with E-state index >= 15 is 0 Å². The van der Waals surface area contributed by atoms with E-state index in [0.29, 0.717) is 18.9 Å². The first kappa shape index (κ1) is 13.2. The van der Waals surface area contributed by atoms with Crippen molar-refractivity contribution in [1.29, 1.82) is 0 Å². The number of anilines is 1. The van der Waals surface area contributed by atoms with Gasteiger partial charge in [0.2, 0.25) is 5.91 Å². The van der Waals surface area contributed by atoms with Crippen LogP contribution in [0, 0.1) is 0 Å². The van der Waals surface area contributed by atoms with E-state index in [2.05, 4.69) is 10.4 Å². The average Bonchev–Trinajstić information content (AvgIpc) is 2.64. The van der Waals surface area contributed by atoms with E-state index in [-0.39, 0.29) is 18.9 Å². The lowest BCUT2D eigenvalue weighted by molar-refractivity contribution is -0.137. The van der Waals surface area contributed by atoms with Crippen LogP contribution in [0.5, 0.6) is 0 Å². The van der Waals surface area contributed by atoms with Crippen molar-refractivity contribution in [2.24, 2.45) is 0 Å². The predicted molar refractivity (Wildman–Crippen MR) is 59.6 cm³/mol. The van der Waals surface area contributed by atoms with E-state index < -0.39 is 5.97 Å². The van der Waals surface area contributed by atoms with E-state index in [0.717, 1.165) is 0 Å². The summed E-state index contributed by atoms with van der Waals surface area (Å²) in [6.45, 7) is 2.57. The monoisotopic (exact) mass is 241 g/mol. The highest BCUT2D eigenvalue weighted by Gasteiger charge is 2.06. The van der Waals surface area contributed by atoms with Crippen molar-refractivity contribution in [3.63, 3.8) is 0 Å². The third kappa shape index (κ3) is 5.12. The van der Waals surface area contributed by atoms with Crippen molar-refractivity contribution in [3.8, 4) is 0 Å². The summed E-state index contributed by atoms with van der Waals surface area (Å²) < 4.78 is 6.28. The van der Waals surface area contributed by atoms with Crippen molar-refractivity contribution in [2.45, 2.75) is 19.9 Å². The minimum Gasteiger partial charge on any atom is -0.480 e. The van der Waals surface area contributed by atoms with Gasteiger partial charge in [-0.15, -0.1) is 0 Å². The van der Waals surface area contributed by atoms with Crippen LogP contribution < -0.4 is 5.32 Å². The van der Waals surface area contributed by atoms with Gasteiger partial charge >= 0.3 is 5.97 Å². The van der Waals surface area contributed by atoms with E-state index in [1.165, 1.54) is 17.1 Å². The standard InChI is InChI=1S/C10H15N3O4/c1-2-17-4-3-9(14)12-8-5-11-13(6-8)7-10(15)16/h5-6H,2-4,7H2,1H3,(H,12,14)(H,15,16). The molecular formula is C10H15N3O4. The van der Waals surface area contributed by atoms with Crippen LogP contribution in [0.1, 0.15) is 13.3 Å². The molecule has 1 amide bonds. The van der Waals surface area contributed by atoms with Crippen molar-refractivity contribution in [3.05, 3.63) is 12.4 Å². The molecule has 1 rings (SSSR count). The van der Waals surface area contributed by atoms with E-state index in [4.69, 9.17) is 9.84 Å². The maximum atomic E-state index is 11.4. The topological polar surface area (TPSA) is 93.5 Å². The summed E-state index contributed by atoms with van der Waals surface area (Å²) in [5, 5.41) is 14.9. The summed E-state index contributed by atoms with van der Waals surface area (Å²) in [5.41, 5.74) is 0.479. The zero-order valence-electron chi connectivity index (χ0n) is 9.55. The summed E-state index contributed by atoms with van der Waals surface area (Å²) in [4.78, 5) is 21.8. The fraction of sp³-hybridized carbons (Fsp3) is 0.500. The number of carbonyl (C=O) groups excluding carboxylic acids is 1. The molecule has 0 aliphatic rings. The molecule has 7 nitrogen and oxygen atoms in total. The van der Waals surface area contributed by atoms with E-state index in [9.17, 15) is 9.59 Å². The zero-order chi connectivity index (χ0) is 12.7. The Morgan fingerprint density at radius 3 is 3.00 bits per heavy atom. The van der Waals surface area contributed by atoms with Crippen LogP contribution in [0.4, 0.5) is 5.69 Å². The van der Waals surface area contributed by atoms with Gasteiger partial charge in [0.15, 0.2) is 0 Å². The Labute approximate surface area is 98.4 Å². The quantitative estimate of drug-likeness (QED) is 0.671. The molecule has 1 heterocycles. The SMILES string of the molecule is CCOCCC(=O)Nc1cnn(CC(=O)O)c1. The number of carbonyl (C=O) groups is 2. The highest BCUT2D eigenvalue weighted by atomic mass is 16.5. The molecule has 0 saturated carbocycles. The summed E-state index contributed by atoms with van der Waals surface area (Å²) in [7, 11) is 0. The number of carboxylic acid groups (broad SMARTS) is 1. The molecule has 0 radical (unpaired) electrons. The van der Waals surface area contributed by atoms with Gasteiger partial charge < -0.3 is 15.2 Å². The Hall–Kier alpha value is -1.89. The van der Waals surface area contributed by atoms with Crippen molar-refractivity contribution in [2.75, 3.05) is 18.5 Å². The second kappa shape index (κ2) is 6.64. The molecule has 1 aromatic rings. The first-order chi connectivity index (χ1) is 8.11. The number of hydrogen-bond donors (Lipinski definition) is 2. The van der Waals surface area contributed by atoms with Gasteiger partial charge in [-0.2, -0.15) is 5.10 Å². The number of aliphatic carboxylic acids is 1. The molecular weight excluding hydrogens is 226 g/mol. The lowest BCUT2D eigenvalue weighted by Crippen LogP contribution is -2.14. The van der Waals surface area contributed by atoms with Crippen molar-refractivity contribution >= 4 is 17.6 Å². The lowest BCUT2D eigenvalue weighted by atomic mass is 10.4. The number of hydrogen-bond acceptors (Lipinski definition) is 4. The Morgan fingerprint density at radius 1 is 1.59 bits per heavy atom. The molecule has 1 aromatic heterocycles. The fourth-order valence-corrected chi connectivity index (χ4v) is 1.19. The summed E-state index contributed by atoms with van der Waals surface area (Å²) in [5.74, 6) is -1.17. The van der Waals surface area contributed by atoms with Gasteiger partial charge in [-0.05, 0) is 6.92 Å². The summed E-state index contributed by atoms with van der Waals surface area (Å²) >= 11 is 0. The number of ether oxygens (including phenoxy) is 1. The molecule has 0 unspecified atom stereocenters. The van der Waals surface area contributed by atoms with Gasteiger partial charge in [-0.1, -0.05) is 0 Å². The van der Waals surface area contributed by atoms with Crippen LogP contribution in [-0.4, -0.2) is 40.0 Å². The normalized spacial score (nSPS) is 10.2. The van der Waals surface area contributed by atoms with Gasteiger partial charge in [0.25, 0.3) is 0 Å². The Kier molecular flexibility index (Phi) is 5.15. The van der Waals surface area contributed by atoms with E-state index in [1.807, 2.05) is 6.92 Å². The molecule has 0 aliphatic carbocycles. The molecule has 17 heavy (non-hydrogen) atoms. The zero-order valence-corrected chi connectivity index (χ0v) is 9.55. The van der Waals surface area contributed by atoms with Gasteiger partial charge in [0.1, 0.15) is 6.54 Å². The maximum absolute atomic E-state index is 11.4. The van der Waals surface area contributed by atoms with Crippen molar-refractivity contribution in [1.82, 2.24) is 9.78 Å². The molecule has 0 aliphatic heterocycles. The third-order valence-electron chi connectivity index (χ3n) is 1.89. The molecule has 0 saturated heterocycles. The second-order valence-corrected chi connectivity index (χ2v) is 3.32. The Balaban J connectivity index is 2.38. The maximum Gasteiger partial charge on any atom is 0.325 e. The van der Waals surface area contributed by atoms with Crippen LogP contribution in [0.25, 0.3) is 0 Å². The third-order valence-corrected chi connectivity index (χ3v) is 1.89. The fourth-order valence-electron chi connectivity index (χ4n) is 1.19. The molecule has 7 heteroatoms. The van der Waals surface area contributed by atoms with Crippen LogP contribution >= 0.6 is 0 Å². The first-order valence-electron chi connectivity index (χ1n) is 5.23. The van der Waals surface area contributed by atoms with Crippen LogP contribution in [0.15, 0.2) is 12.4 Å². The van der Waals surface area contributed by atoms with E-state index in [1.54, 1.807) is 0 Å². The smallest absolute Gasteiger partial charge is 0.325 e. The average molecular weight is 241 g/mol. The minimum atomic E-state index is -0.984. The van der Waals surface area contributed by atoms with Gasteiger partial charge in [0.05, 0.1) is 24.9 Å². The van der Waals surface area contributed by atoms with Gasteiger partial charge in [-0.25, -0.2) is 0 Å².